The van der Waals surface area contributed by atoms with Crippen LogP contribution >= 0.6 is 0 Å². The lowest BCUT2D eigenvalue weighted by atomic mass is 10.1. The van der Waals surface area contributed by atoms with Crippen molar-refractivity contribution in [2.75, 3.05) is 13.1 Å². The van der Waals surface area contributed by atoms with Gasteiger partial charge in [-0.25, -0.2) is 4.99 Å². The Morgan fingerprint density at radius 2 is 1.78 bits per heavy atom. The van der Waals surface area contributed by atoms with Gasteiger partial charge < -0.3 is 10.6 Å². The second-order valence-electron chi connectivity index (χ2n) is 4.69. The van der Waals surface area contributed by atoms with Gasteiger partial charge in [-0.15, -0.1) is 0 Å². The maximum absolute atomic E-state index is 12.6. The number of hydrogen-bond donors (Lipinski definition) is 2. The molecule has 130 valence electrons. The summed E-state index contributed by atoms with van der Waals surface area (Å²) in [6, 6.07) is 4.64. The van der Waals surface area contributed by atoms with Crippen LogP contribution in [0.4, 0.5) is 26.3 Å². The molecule has 0 bridgehead atoms. The zero-order valence-corrected chi connectivity index (χ0v) is 12.4. The molecule has 0 aliphatic rings. The Labute approximate surface area is 129 Å². The number of benzene rings is 1. The number of alkyl halides is 6. The van der Waals surface area contributed by atoms with E-state index in [0.29, 0.717) is 12.1 Å². The largest absolute Gasteiger partial charge is 0.416 e. The third kappa shape index (κ3) is 7.75. The highest BCUT2D eigenvalue weighted by atomic mass is 19.4. The average molecular weight is 341 g/mol. The Kier molecular flexibility index (Phi) is 6.71. The smallest absolute Gasteiger partial charge is 0.357 e. The number of rotatable bonds is 5. The van der Waals surface area contributed by atoms with Crippen molar-refractivity contribution < 1.29 is 26.3 Å². The molecule has 0 amide bonds. The topological polar surface area (TPSA) is 36.4 Å². The molecule has 0 unspecified atom stereocenters. The van der Waals surface area contributed by atoms with E-state index < -0.39 is 24.3 Å². The van der Waals surface area contributed by atoms with Gasteiger partial charge in [0.1, 0.15) is 0 Å². The van der Waals surface area contributed by atoms with Gasteiger partial charge >= 0.3 is 12.4 Å². The van der Waals surface area contributed by atoms with Crippen molar-refractivity contribution in [3.63, 3.8) is 0 Å². The fourth-order valence-corrected chi connectivity index (χ4v) is 1.68. The molecule has 0 spiro atoms. The zero-order valence-electron chi connectivity index (χ0n) is 12.4. The second-order valence-corrected chi connectivity index (χ2v) is 4.69. The molecule has 2 N–H and O–H groups in total. The summed E-state index contributed by atoms with van der Waals surface area (Å²) in [4.78, 5) is 3.99. The highest BCUT2D eigenvalue weighted by Crippen LogP contribution is 2.29. The maximum atomic E-state index is 12.6. The molecule has 0 fully saturated rings. The highest BCUT2D eigenvalue weighted by Gasteiger charge is 2.30. The molecular formula is C14H17F6N3. The molecule has 0 heterocycles. The molecule has 0 aliphatic carbocycles. The molecule has 1 aromatic carbocycles. The Balaban J connectivity index is 2.70. The molecule has 1 rings (SSSR count). The number of aliphatic imine (C=N–C) groups is 1. The Hall–Kier alpha value is -1.93. The first kappa shape index (κ1) is 19.1. The van der Waals surface area contributed by atoms with Crippen molar-refractivity contribution in [3.8, 4) is 0 Å². The van der Waals surface area contributed by atoms with Gasteiger partial charge in [-0.1, -0.05) is 12.1 Å². The maximum Gasteiger partial charge on any atom is 0.416 e. The zero-order chi connectivity index (χ0) is 17.5. The summed E-state index contributed by atoms with van der Waals surface area (Å²) < 4.78 is 74.1. The normalized spacial score (nSPS) is 13.1. The van der Waals surface area contributed by atoms with Gasteiger partial charge in [-0.05, 0) is 24.6 Å². The molecule has 0 aliphatic heterocycles. The molecule has 0 aromatic heterocycles. The molecule has 3 nitrogen and oxygen atoms in total. The highest BCUT2D eigenvalue weighted by molar-refractivity contribution is 5.79. The van der Waals surface area contributed by atoms with E-state index in [4.69, 9.17) is 0 Å². The minimum Gasteiger partial charge on any atom is -0.357 e. The predicted molar refractivity (Wildman–Crippen MR) is 74.9 cm³/mol. The van der Waals surface area contributed by atoms with Crippen molar-refractivity contribution in [2.45, 2.75) is 32.2 Å². The minimum atomic E-state index is -4.45. The van der Waals surface area contributed by atoms with Crippen molar-refractivity contribution in [2.24, 2.45) is 4.99 Å². The van der Waals surface area contributed by atoms with Crippen LogP contribution in [0.25, 0.3) is 0 Å². The van der Waals surface area contributed by atoms with Crippen LogP contribution in [-0.2, 0) is 12.7 Å². The van der Waals surface area contributed by atoms with Gasteiger partial charge in [-0.3, -0.25) is 0 Å². The summed E-state index contributed by atoms with van der Waals surface area (Å²) >= 11 is 0. The van der Waals surface area contributed by atoms with Crippen molar-refractivity contribution in [1.82, 2.24) is 10.6 Å². The van der Waals surface area contributed by atoms with E-state index in [1.54, 1.807) is 6.92 Å². The lowest BCUT2D eigenvalue weighted by molar-refractivity contribution is -0.137. The molecule has 0 atom stereocenters. The minimum absolute atomic E-state index is 0.0781. The number of hydrogen-bond acceptors (Lipinski definition) is 1. The van der Waals surface area contributed by atoms with Crippen LogP contribution in [0, 0.1) is 0 Å². The molecule has 0 saturated heterocycles. The first-order valence-electron chi connectivity index (χ1n) is 6.87. The monoisotopic (exact) mass is 341 g/mol. The summed E-state index contributed by atoms with van der Waals surface area (Å²) in [5, 5.41) is 5.22. The van der Waals surface area contributed by atoms with Crippen LogP contribution in [0.3, 0.4) is 0 Å². The van der Waals surface area contributed by atoms with Crippen LogP contribution < -0.4 is 10.6 Å². The van der Waals surface area contributed by atoms with Gasteiger partial charge in [0.2, 0.25) is 0 Å². The molecular weight excluding hydrogens is 324 g/mol. The van der Waals surface area contributed by atoms with Crippen LogP contribution in [-0.4, -0.2) is 25.2 Å². The second kappa shape index (κ2) is 8.07. The van der Waals surface area contributed by atoms with E-state index in [9.17, 15) is 26.3 Å². The third-order valence-electron chi connectivity index (χ3n) is 2.72. The van der Waals surface area contributed by atoms with Crippen LogP contribution in [0.5, 0.6) is 0 Å². The summed E-state index contributed by atoms with van der Waals surface area (Å²) in [6.07, 6.45) is -9.76. The van der Waals surface area contributed by atoms with E-state index >= 15 is 0 Å². The Morgan fingerprint density at radius 1 is 1.09 bits per heavy atom. The number of halogens is 6. The quantitative estimate of drug-likeness (QED) is 0.487. The summed E-state index contributed by atoms with van der Waals surface area (Å²) in [5.74, 6) is 0.120. The first-order valence-corrected chi connectivity index (χ1v) is 6.87. The summed E-state index contributed by atoms with van der Waals surface area (Å²) in [6.45, 7) is 1.70. The molecule has 0 radical (unpaired) electrons. The average Bonchev–Trinajstić information content (AvgIpc) is 2.43. The van der Waals surface area contributed by atoms with Crippen molar-refractivity contribution >= 4 is 5.96 Å². The van der Waals surface area contributed by atoms with Crippen molar-refractivity contribution in [3.05, 3.63) is 35.4 Å². The van der Waals surface area contributed by atoms with E-state index in [1.807, 2.05) is 0 Å². The lowest BCUT2D eigenvalue weighted by Gasteiger charge is -2.13. The summed E-state index contributed by atoms with van der Waals surface area (Å²) in [5.41, 5.74) is -0.479. The van der Waals surface area contributed by atoms with Gasteiger partial charge in [0, 0.05) is 13.1 Å². The number of nitrogens with zero attached hydrogens (tertiary/aromatic N) is 1. The van der Waals surface area contributed by atoms with E-state index in [2.05, 4.69) is 15.6 Å². The molecule has 9 heteroatoms. The molecule has 1 aromatic rings. The first-order chi connectivity index (χ1) is 10.6. The third-order valence-corrected chi connectivity index (χ3v) is 2.72. The summed E-state index contributed by atoms with van der Waals surface area (Å²) in [7, 11) is 0. The molecule has 0 saturated carbocycles. The van der Waals surface area contributed by atoms with Gasteiger partial charge in [-0.2, -0.15) is 26.3 Å². The fraction of sp³-hybridized carbons (Fsp3) is 0.500. The van der Waals surface area contributed by atoms with Crippen LogP contribution in [0.2, 0.25) is 0 Å². The van der Waals surface area contributed by atoms with Gasteiger partial charge in [0.25, 0.3) is 0 Å². The Morgan fingerprint density at radius 3 is 2.35 bits per heavy atom. The van der Waals surface area contributed by atoms with Gasteiger partial charge in [0.15, 0.2) is 5.96 Å². The van der Waals surface area contributed by atoms with E-state index in [1.165, 1.54) is 12.1 Å². The lowest BCUT2D eigenvalue weighted by Crippen LogP contribution is -2.38. The van der Waals surface area contributed by atoms with E-state index in [0.717, 1.165) is 12.1 Å². The van der Waals surface area contributed by atoms with E-state index in [-0.39, 0.29) is 19.0 Å². The van der Waals surface area contributed by atoms with Gasteiger partial charge in [0.05, 0.1) is 18.5 Å². The van der Waals surface area contributed by atoms with Crippen LogP contribution in [0.1, 0.15) is 24.5 Å². The fourth-order valence-electron chi connectivity index (χ4n) is 1.68. The molecule has 23 heavy (non-hydrogen) atoms. The van der Waals surface area contributed by atoms with Crippen LogP contribution in [0.15, 0.2) is 29.3 Å². The number of guanidine groups is 1. The number of nitrogens with one attached hydrogen (secondary N) is 2. The standard InChI is InChI=1S/C14H17F6N3/c1-2-21-12(22-7-6-13(15,16)17)23-9-10-4-3-5-11(8-10)14(18,19)20/h3-5,8H,2,6-7,9H2,1H3,(H2,21,22,23). The Bertz CT molecular complexity index is 522. The predicted octanol–water partition coefficient (Wildman–Crippen LogP) is 3.71. The SMILES string of the molecule is CCNC(=NCc1cccc(C(F)(F)F)c1)NCCC(F)(F)F. The van der Waals surface area contributed by atoms with Crippen molar-refractivity contribution in [1.29, 1.82) is 0 Å².